The molecular weight excluding hydrogens is 374 g/mol. The van der Waals surface area contributed by atoms with Gasteiger partial charge in [0, 0.05) is 18.2 Å². The van der Waals surface area contributed by atoms with E-state index in [9.17, 15) is 17.2 Å². The second-order valence-corrected chi connectivity index (χ2v) is 9.45. The van der Waals surface area contributed by atoms with Crippen molar-refractivity contribution in [1.82, 2.24) is 10.0 Å². The van der Waals surface area contributed by atoms with Crippen LogP contribution in [0.3, 0.4) is 0 Å². The van der Waals surface area contributed by atoms with Gasteiger partial charge in [0.2, 0.25) is 10.0 Å². The van der Waals surface area contributed by atoms with Gasteiger partial charge >= 0.3 is 0 Å². The van der Waals surface area contributed by atoms with Crippen LogP contribution in [0.2, 0.25) is 0 Å². The molecule has 8 heteroatoms. The fraction of sp³-hybridized carbons (Fsp3) is 0.684. The lowest BCUT2D eigenvalue weighted by Gasteiger charge is -2.35. The Morgan fingerprint density at radius 3 is 2.59 bits per heavy atom. The highest BCUT2D eigenvalue weighted by atomic mass is 32.2. The summed E-state index contributed by atoms with van der Waals surface area (Å²) in [7, 11) is -3.25. The van der Waals surface area contributed by atoms with Gasteiger partial charge in [-0.2, -0.15) is 0 Å². The van der Waals surface area contributed by atoms with Gasteiger partial charge < -0.3 is 10.1 Å². The molecule has 2 N–H and O–H groups in total. The van der Waals surface area contributed by atoms with Crippen molar-refractivity contribution in [2.75, 3.05) is 19.4 Å². The molecule has 0 radical (unpaired) electrons. The molecule has 1 heterocycles. The Morgan fingerprint density at radius 1 is 1.19 bits per heavy atom. The number of nitrogens with one attached hydrogen (secondary N) is 2. The number of hydrogen-bond acceptors (Lipinski definition) is 4. The largest absolute Gasteiger partial charge is 0.377 e. The van der Waals surface area contributed by atoms with E-state index in [1.165, 1.54) is 12.3 Å². The summed E-state index contributed by atoms with van der Waals surface area (Å²) in [5.74, 6) is -0.927. The first-order valence-electron chi connectivity index (χ1n) is 9.59. The number of sulfonamides is 1. The molecule has 0 amide bonds. The number of ether oxygens (including phenoxy) is 1. The van der Waals surface area contributed by atoms with E-state index < -0.39 is 21.7 Å². The van der Waals surface area contributed by atoms with Crippen LogP contribution >= 0.6 is 0 Å². The van der Waals surface area contributed by atoms with E-state index in [0.29, 0.717) is 12.2 Å². The molecule has 2 aliphatic rings. The number of hydrogen-bond donors (Lipinski definition) is 2. The molecule has 1 saturated heterocycles. The van der Waals surface area contributed by atoms with Gasteiger partial charge in [-0.3, -0.25) is 0 Å². The van der Waals surface area contributed by atoms with Crippen molar-refractivity contribution in [2.24, 2.45) is 0 Å². The summed E-state index contributed by atoms with van der Waals surface area (Å²) in [6.07, 6.45) is 6.23. The van der Waals surface area contributed by atoms with Gasteiger partial charge in [0.05, 0.1) is 19.0 Å². The summed E-state index contributed by atoms with van der Waals surface area (Å²) in [5, 5.41) is 3.34. The predicted molar refractivity (Wildman–Crippen MR) is 100 cm³/mol. The van der Waals surface area contributed by atoms with Crippen molar-refractivity contribution >= 4 is 10.0 Å². The van der Waals surface area contributed by atoms with Gasteiger partial charge in [-0.05, 0) is 62.6 Å². The number of rotatable bonds is 6. The van der Waals surface area contributed by atoms with E-state index in [0.717, 1.165) is 51.1 Å². The third kappa shape index (κ3) is 5.94. The fourth-order valence-corrected chi connectivity index (χ4v) is 4.99. The standard InChI is InChI=1S/C19H28F2N2O3S/c1-27(24,25)23-18-3-2-10-22-19(18)12-26-15-7-4-13(5-8-15)16-9-6-14(20)11-17(16)21/h6,9,11,13,15,18-19,22-23H,2-5,7-8,10,12H2,1H3/t13-,15+,18-,19-/m0/s1. The van der Waals surface area contributed by atoms with Crippen molar-refractivity contribution in [3.05, 3.63) is 35.4 Å². The molecule has 0 unspecified atom stereocenters. The van der Waals surface area contributed by atoms with Gasteiger partial charge in [-0.1, -0.05) is 6.07 Å². The molecule has 152 valence electrons. The Morgan fingerprint density at radius 2 is 1.93 bits per heavy atom. The maximum atomic E-state index is 14.0. The van der Waals surface area contributed by atoms with Gasteiger partial charge in [-0.25, -0.2) is 21.9 Å². The lowest BCUT2D eigenvalue weighted by Crippen LogP contribution is -2.55. The molecule has 3 rings (SSSR count). The average molecular weight is 403 g/mol. The van der Waals surface area contributed by atoms with Gasteiger partial charge in [0.25, 0.3) is 0 Å². The van der Waals surface area contributed by atoms with E-state index in [4.69, 9.17) is 4.74 Å². The minimum absolute atomic E-state index is 0.0410. The van der Waals surface area contributed by atoms with Gasteiger partial charge in [0.15, 0.2) is 0 Å². The summed E-state index contributed by atoms with van der Waals surface area (Å²) in [4.78, 5) is 0. The van der Waals surface area contributed by atoms with Crippen LogP contribution in [0, 0.1) is 11.6 Å². The maximum Gasteiger partial charge on any atom is 0.209 e. The first kappa shape index (κ1) is 20.6. The van der Waals surface area contributed by atoms with Crippen molar-refractivity contribution in [3.8, 4) is 0 Å². The number of piperidine rings is 1. The lowest BCUT2D eigenvalue weighted by molar-refractivity contribution is 0.00506. The van der Waals surface area contributed by atoms with Crippen LogP contribution < -0.4 is 10.0 Å². The van der Waals surface area contributed by atoms with Crippen LogP contribution in [0.25, 0.3) is 0 Å². The third-order valence-electron chi connectivity index (χ3n) is 5.54. The van der Waals surface area contributed by atoms with Crippen LogP contribution in [0.4, 0.5) is 8.78 Å². The minimum Gasteiger partial charge on any atom is -0.377 e. The van der Waals surface area contributed by atoms with E-state index >= 15 is 0 Å². The second-order valence-electron chi connectivity index (χ2n) is 7.67. The monoisotopic (exact) mass is 402 g/mol. The van der Waals surface area contributed by atoms with Crippen molar-refractivity contribution in [2.45, 2.75) is 62.6 Å². The van der Waals surface area contributed by atoms with Crippen molar-refractivity contribution in [1.29, 1.82) is 0 Å². The maximum absolute atomic E-state index is 14.0. The van der Waals surface area contributed by atoms with E-state index in [-0.39, 0.29) is 24.1 Å². The second kappa shape index (κ2) is 8.94. The van der Waals surface area contributed by atoms with Crippen molar-refractivity contribution < 1.29 is 21.9 Å². The average Bonchev–Trinajstić information content (AvgIpc) is 2.60. The zero-order valence-electron chi connectivity index (χ0n) is 15.6. The lowest BCUT2D eigenvalue weighted by atomic mass is 9.82. The smallest absolute Gasteiger partial charge is 0.209 e. The highest BCUT2D eigenvalue weighted by Crippen LogP contribution is 2.35. The van der Waals surface area contributed by atoms with E-state index in [1.807, 2.05) is 0 Å². The molecule has 2 fully saturated rings. The summed E-state index contributed by atoms with van der Waals surface area (Å²) in [5.41, 5.74) is 0.584. The third-order valence-corrected chi connectivity index (χ3v) is 6.27. The molecule has 2 atom stereocenters. The Kier molecular flexibility index (Phi) is 6.83. The molecule has 5 nitrogen and oxygen atoms in total. The molecule has 0 bridgehead atoms. The van der Waals surface area contributed by atoms with Crippen LogP contribution in [0.15, 0.2) is 18.2 Å². The summed E-state index contributed by atoms with van der Waals surface area (Å²) >= 11 is 0. The zero-order valence-corrected chi connectivity index (χ0v) is 16.4. The van der Waals surface area contributed by atoms with E-state index in [2.05, 4.69) is 10.0 Å². The van der Waals surface area contributed by atoms with Crippen molar-refractivity contribution in [3.63, 3.8) is 0 Å². The van der Waals surface area contributed by atoms with E-state index in [1.54, 1.807) is 6.07 Å². The zero-order chi connectivity index (χ0) is 19.4. The van der Waals surface area contributed by atoms with Gasteiger partial charge in [-0.15, -0.1) is 0 Å². The molecule has 0 aromatic heterocycles. The molecule has 27 heavy (non-hydrogen) atoms. The summed E-state index contributed by atoms with van der Waals surface area (Å²) < 4.78 is 58.9. The predicted octanol–water partition coefficient (Wildman–Crippen LogP) is 2.68. The molecule has 1 saturated carbocycles. The highest BCUT2D eigenvalue weighted by molar-refractivity contribution is 7.88. The quantitative estimate of drug-likeness (QED) is 0.768. The number of benzene rings is 1. The number of halogens is 2. The summed E-state index contributed by atoms with van der Waals surface area (Å²) in [6, 6.07) is 3.61. The first-order valence-corrected chi connectivity index (χ1v) is 11.5. The molecule has 1 aliphatic carbocycles. The Labute approximate surface area is 159 Å². The molecular formula is C19H28F2N2O3S. The van der Waals surface area contributed by atoms with Crippen LogP contribution in [0.5, 0.6) is 0 Å². The SMILES string of the molecule is CS(=O)(=O)N[C@H]1CCCN[C@H]1CO[C@H]1CC[C@@H](c2ccc(F)cc2F)CC1. The highest BCUT2D eigenvalue weighted by Gasteiger charge is 2.30. The topological polar surface area (TPSA) is 67.4 Å². The fourth-order valence-electron chi connectivity index (χ4n) is 4.16. The Hall–Kier alpha value is -1.09. The normalized spacial score (nSPS) is 29.6. The van der Waals surface area contributed by atoms with Gasteiger partial charge in [0.1, 0.15) is 11.6 Å². The van der Waals surface area contributed by atoms with Crippen LogP contribution in [0.1, 0.15) is 50.0 Å². The molecule has 1 aromatic rings. The van der Waals surface area contributed by atoms with Crippen LogP contribution in [-0.2, 0) is 14.8 Å². The minimum atomic E-state index is -3.25. The Bertz CT molecular complexity index is 736. The first-order chi connectivity index (χ1) is 12.8. The van der Waals surface area contributed by atoms with Crippen LogP contribution in [-0.4, -0.2) is 46.0 Å². The summed E-state index contributed by atoms with van der Waals surface area (Å²) in [6.45, 7) is 1.31. The Balaban J connectivity index is 1.48. The molecule has 1 aromatic carbocycles. The molecule has 1 aliphatic heterocycles. The molecule has 0 spiro atoms.